The summed E-state index contributed by atoms with van der Waals surface area (Å²) in [6.45, 7) is 3.52. The lowest BCUT2D eigenvalue weighted by Gasteiger charge is -2.34. The van der Waals surface area contributed by atoms with Gasteiger partial charge in [-0.05, 0) is 36.3 Å². The quantitative estimate of drug-likeness (QED) is 0.628. The molecule has 0 spiro atoms. The van der Waals surface area contributed by atoms with Crippen LogP contribution in [0.25, 0.3) is 16.3 Å². The molecule has 0 N–H and O–H groups in total. The second-order valence-electron chi connectivity index (χ2n) is 7.29. The predicted molar refractivity (Wildman–Crippen MR) is 116 cm³/mol. The molecule has 0 radical (unpaired) electrons. The normalized spacial score (nSPS) is 16.5. The molecule has 0 fully saturated rings. The van der Waals surface area contributed by atoms with E-state index in [0.717, 1.165) is 26.4 Å². The molecule has 1 aliphatic heterocycles. The van der Waals surface area contributed by atoms with Crippen molar-refractivity contribution in [3.63, 3.8) is 0 Å². The molecule has 29 heavy (non-hydrogen) atoms. The first-order valence-electron chi connectivity index (χ1n) is 9.63. The Morgan fingerprint density at radius 1 is 1.17 bits per heavy atom. The summed E-state index contributed by atoms with van der Waals surface area (Å²) in [4.78, 5) is 33.4. The number of fused-ring (bicyclic) bond motifs is 2. The molecule has 2 amide bonds. The van der Waals surface area contributed by atoms with Crippen LogP contribution in [0, 0.1) is 0 Å². The molecule has 1 aliphatic rings. The fourth-order valence-electron chi connectivity index (χ4n) is 3.67. The smallest absolute Gasteiger partial charge is 0.225 e. The number of rotatable bonds is 4. The maximum absolute atomic E-state index is 13.2. The number of benzene rings is 2. The minimum Gasteiger partial charge on any atom is -0.336 e. The van der Waals surface area contributed by atoms with Crippen LogP contribution >= 0.6 is 11.3 Å². The van der Waals surface area contributed by atoms with E-state index < -0.39 is 0 Å². The van der Waals surface area contributed by atoms with E-state index in [1.165, 1.54) is 6.92 Å². The second kappa shape index (κ2) is 7.79. The summed E-state index contributed by atoms with van der Waals surface area (Å²) >= 11 is 1.61. The molecule has 148 valence electrons. The zero-order valence-corrected chi connectivity index (χ0v) is 17.5. The number of aromatic nitrogens is 1. The first-order chi connectivity index (χ1) is 14.0. The Hall–Kier alpha value is -2.99. The van der Waals surface area contributed by atoms with Gasteiger partial charge in [0.05, 0.1) is 28.7 Å². The maximum atomic E-state index is 13.2. The zero-order valence-electron chi connectivity index (χ0n) is 16.7. The fraction of sp³-hybridized carbons (Fsp3) is 0.261. The van der Waals surface area contributed by atoms with Gasteiger partial charge in [-0.1, -0.05) is 36.4 Å². The summed E-state index contributed by atoms with van der Waals surface area (Å²) in [7, 11) is 1.81. The number of amides is 2. The Kier molecular flexibility index (Phi) is 5.20. The Morgan fingerprint density at radius 2 is 1.90 bits per heavy atom. The Morgan fingerprint density at radius 3 is 2.66 bits per heavy atom. The third-order valence-electron chi connectivity index (χ3n) is 5.48. The monoisotopic (exact) mass is 405 g/mol. The second-order valence-corrected chi connectivity index (χ2v) is 8.35. The molecule has 0 unspecified atom stereocenters. The largest absolute Gasteiger partial charge is 0.336 e. The van der Waals surface area contributed by atoms with E-state index in [1.54, 1.807) is 27.3 Å². The standard InChI is InChI=1S/C23H23N3O2S/c1-15(23-24-19-10-6-7-11-21(19)29-23)25(3)22(28)14-20-18-9-5-4-8-17(18)12-13-26(20)16(2)27/h4-13,15,20H,14H2,1-3H3/t15-,20-/m1/s1. The van der Waals surface area contributed by atoms with Crippen molar-refractivity contribution in [2.75, 3.05) is 7.05 Å². The summed E-state index contributed by atoms with van der Waals surface area (Å²) in [6, 6.07) is 15.5. The van der Waals surface area contributed by atoms with Gasteiger partial charge < -0.3 is 9.80 Å². The van der Waals surface area contributed by atoms with Gasteiger partial charge in [0.2, 0.25) is 11.8 Å². The third-order valence-corrected chi connectivity index (χ3v) is 6.69. The summed E-state index contributed by atoms with van der Waals surface area (Å²) < 4.78 is 1.12. The molecule has 0 bridgehead atoms. The first-order valence-corrected chi connectivity index (χ1v) is 10.4. The molecule has 2 atom stereocenters. The van der Waals surface area contributed by atoms with Crippen molar-refractivity contribution in [2.24, 2.45) is 0 Å². The van der Waals surface area contributed by atoms with Crippen LogP contribution in [0.2, 0.25) is 0 Å². The van der Waals surface area contributed by atoms with Crippen LogP contribution in [-0.4, -0.2) is 33.6 Å². The van der Waals surface area contributed by atoms with Crippen molar-refractivity contribution in [1.29, 1.82) is 0 Å². The lowest BCUT2D eigenvalue weighted by molar-refractivity contribution is -0.135. The average Bonchev–Trinajstić information content (AvgIpc) is 3.16. The molecule has 0 saturated heterocycles. The van der Waals surface area contributed by atoms with Crippen molar-refractivity contribution in [1.82, 2.24) is 14.8 Å². The van der Waals surface area contributed by atoms with Crippen LogP contribution in [-0.2, 0) is 9.59 Å². The predicted octanol–water partition coefficient (Wildman–Crippen LogP) is 4.78. The molecule has 6 heteroatoms. The number of nitrogens with zero attached hydrogens (tertiary/aromatic N) is 3. The molecular formula is C23H23N3O2S. The Bertz CT molecular complexity index is 1070. The van der Waals surface area contributed by atoms with Crippen LogP contribution in [0.15, 0.2) is 54.7 Å². The van der Waals surface area contributed by atoms with Gasteiger partial charge >= 0.3 is 0 Å². The molecule has 5 nitrogen and oxygen atoms in total. The first kappa shape index (κ1) is 19.3. The highest BCUT2D eigenvalue weighted by Gasteiger charge is 2.30. The molecule has 2 heterocycles. The molecule has 3 aromatic rings. The number of carbonyl (C=O) groups is 2. The molecule has 1 aromatic heterocycles. The fourth-order valence-corrected chi connectivity index (χ4v) is 4.74. The SMILES string of the molecule is CC(=O)N1C=Cc2ccccc2[C@H]1CC(=O)N(C)[C@H](C)c1nc2ccccc2s1. The number of hydrogen-bond acceptors (Lipinski definition) is 4. The van der Waals surface area contributed by atoms with E-state index in [0.29, 0.717) is 0 Å². The van der Waals surface area contributed by atoms with Gasteiger partial charge in [-0.25, -0.2) is 4.98 Å². The van der Waals surface area contributed by atoms with E-state index in [2.05, 4.69) is 0 Å². The topological polar surface area (TPSA) is 53.5 Å². The number of para-hydroxylation sites is 1. The van der Waals surface area contributed by atoms with Crippen molar-refractivity contribution in [2.45, 2.75) is 32.4 Å². The van der Waals surface area contributed by atoms with Gasteiger partial charge in [-0.15, -0.1) is 11.3 Å². The molecule has 0 saturated carbocycles. The molecule has 2 aromatic carbocycles. The van der Waals surface area contributed by atoms with Crippen LogP contribution in [0.4, 0.5) is 0 Å². The highest BCUT2D eigenvalue weighted by molar-refractivity contribution is 7.18. The van der Waals surface area contributed by atoms with Gasteiger partial charge in [0.25, 0.3) is 0 Å². The maximum Gasteiger partial charge on any atom is 0.225 e. The lowest BCUT2D eigenvalue weighted by Crippen LogP contribution is -2.36. The van der Waals surface area contributed by atoms with Crippen molar-refractivity contribution < 1.29 is 9.59 Å². The van der Waals surface area contributed by atoms with Crippen molar-refractivity contribution >= 4 is 39.4 Å². The van der Waals surface area contributed by atoms with E-state index in [1.807, 2.05) is 68.6 Å². The van der Waals surface area contributed by atoms with E-state index in [9.17, 15) is 9.59 Å². The van der Waals surface area contributed by atoms with Crippen molar-refractivity contribution in [3.8, 4) is 0 Å². The zero-order chi connectivity index (χ0) is 20.5. The minimum atomic E-state index is -0.300. The number of thiazole rings is 1. The molecule has 0 aliphatic carbocycles. The van der Waals surface area contributed by atoms with Gasteiger partial charge in [0.1, 0.15) is 5.01 Å². The van der Waals surface area contributed by atoms with Gasteiger partial charge in [0, 0.05) is 20.2 Å². The molecule has 4 rings (SSSR count). The Labute approximate surface area is 174 Å². The Balaban J connectivity index is 1.56. The van der Waals surface area contributed by atoms with Gasteiger partial charge in [0.15, 0.2) is 0 Å². The van der Waals surface area contributed by atoms with Crippen LogP contribution in [0.1, 0.15) is 48.5 Å². The van der Waals surface area contributed by atoms with Crippen LogP contribution in [0.5, 0.6) is 0 Å². The van der Waals surface area contributed by atoms with Crippen LogP contribution < -0.4 is 0 Å². The minimum absolute atomic E-state index is 0.0156. The highest BCUT2D eigenvalue weighted by atomic mass is 32.1. The van der Waals surface area contributed by atoms with Gasteiger partial charge in [-0.2, -0.15) is 0 Å². The van der Waals surface area contributed by atoms with Gasteiger partial charge in [-0.3, -0.25) is 9.59 Å². The highest BCUT2D eigenvalue weighted by Crippen LogP contribution is 2.35. The van der Waals surface area contributed by atoms with E-state index in [-0.39, 0.29) is 30.3 Å². The summed E-state index contributed by atoms with van der Waals surface area (Å²) in [5, 5.41) is 0.911. The third kappa shape index (κ3) is 3.68. The molecular weight excluding hydrogens is 382 g/mol. The number of carbonyl (C=O) groups excluding carboxylic acids is 2. The summed E-state index contributed by atoms with van der Waals surface area (Å²) in [6.07, 6.45) is 3.93. The summed E-state index contributed by atoms with van der Waals surface area (Å²) in [5.41, 5.74) is 3.00. The van der Waals surface area contributed by atoms with E-state index >= 15 is 0 Å². The van der Waals surface area contributed by atoms with E-state index in [4.69, 9.17) is 4.98 Å². The lowest BCUT2D eigenvalue weighted by atomic mass is 9.93. The van der Waals surface area contributed by atoms with Crippen LogP contribution in [0.3, 0.4) is 0 Å². The average molecular weight is 406 g/mol. The number of hydrogen-bond donors (Lipinski definition) is 0. The summed E-state index contributed by atoms with van der Waals surface area (Å²) in [5.74, 6) is -0.0893. The van der Waals surface area contributed by atoms with Crippen molar-refractivity contribution in [3.05, 3.63) is 70.9 Å².